The Morgan fingerprint density at radius 2 is 2.04 bits per heavy atom. The van der Waals surface area contributed by atoms with Gasteiger partial charge in [0.05, 0.1) is 12.7 Å². The highest BCUT2D eigenvalue weighted by molar-refractivity contribution is 6.74. The van der Waals surface area contributed by atoms with Crippen LogP contribution in [-0.2, 0) is 15.7 Å². The van der Waals surface area contributed by atoms with Crippen LogP contribution in [0.15, 0.2) is 28.4 Å². The lowest BCUT2D eigenvalue weighted by Gasteiger charge is -2.37. The van der Waals surface area contributed by atoms with Crippen molar-refractivity contribution in [1.82, 2.24) is 9.13 Å². The minimum absolute atomic E-state index is 0.0597. The predicted octanol–water partition coefficient (Wildman–Crippen LogP) is 2.17. The van der Waals surface area contributed by atoms with E-state index in [2.05, 4.69) is 40.4 Å². The van der Waals surface area contributed by atoms with Crippen molar-refractivity contribution in [3.8, 4) is 0 Å². The summed E-state index contributed by atoms with van der Waals surface area (Å²) in [6, 6.07) is 0. The maximum Gasteiger partial charge on any atom is 0.333 e. The first-order valence-corrected chi connectivity index (χ1v) is 12.2. The summed E-state index contributed by atoms with van der Waals surface area (Å²) in [6.45, 7) is 16.4. The Labute approximate surface area is 161 Å². The van der Waals surface area contributed by atoms with Gasteiger partial charge in [-0.1, -0.05) is 26.8 Å². The average molecular weight is 397 g/mol. The van der Waals surface area contributed by atoms with Crippen molar-refractivity contribution in [2.75, 3.05) is 6.61 Å². The zero-order valence-electron chi connectivity index (χ0n) is 17.2. The smallest absolute Gasteiger partial charge is 0.333 e. The van der Waals surface area contributed by atoms with Crippen molar-refractivity contribution in [3.05, 3.63) is 45.3 Å². The first-order valence-electron chi connectivity index (χ1n) is 9.30. The molecule has 0 spiro atoms. The fraction of sp³-hybridized carbons (Fsp3) is 0.684. The summed E-state index contributed by atoms with van der Waals surface area (Å²) in [7, 11) is -1.97. The van der Waals surface area contributed by atoms with Crippen LogP contribution in [0.5, 0.6) is 0 Å². The zero-order chi connectivity index (χ0) is 20.6. The molecule has 7 nitrogen and oxygen atoms in total. The van der Waals surface area contributed by atoms with Crippen LogP contribution in [0.2, 0.25) is 18.1 Å². The summed E-state index contributed by atoms with van der Waals surface area (Å²) in [4.78, 5) is 24.9. The Balaban J connectivity index is 2.21. The molecule has 0 radical (unpaired) electrons. The van der Waals surface area contributed by atoms with Gasteiger partial charge in [-0.15, -0.1) is 6.58 Å². The third-order valence-electron chi connectivity index (χ3n) is 5.61. The quantitative estimate of drug-likeness (QED) is 0.589. The molecule has 3 atom stereocenters. The summed E-state index contributed by atoms with van der Waals surface area (Å²) in [5, 5.41) is 10.5. The highest BCUT2D eigenvalue weighted by Gasteiger charge is 2.41. The summed E-state index contributed by atoms with van der Waals surface area (Å²) < 4.78 is 14.6. The van der Waals surface area contributed by atoms with Crippen LogP contribution in [0.1, 0.15) is 39.0 Å². The molecule has 0 aromatic carbocycles. The van der Waals surface area contributed by atoms with Crippen molar-refractivity contribution in [2.45, 2.75) is 77.2 Å². The number of hydrogen-bond donors (Lipinski definition) is 1. The number of hydrogen-bond acceptors (Lipinski definition) is 5. The molecule has 1 aromatic rings. The van der Waals surface area contributed by atoms with E-state index in [1.165, 1.54) is 16.8 Å². The third-order valence-corrected chi connectivity index (χ3v) is 10.1. The minimum Gasteiger partial charge on any atom is -0.414 e. The van der Waals surface area contributed by atoms with Crippen LogP contribution in [0.25, 0.3) is 0 Å². The molecule has 152 valence electrons. The van der Waals surface area contributed by atoms with Gasteiger partial charge >= 0.3 is 5.69 Å². The van der Waals surface area contributed by atoms with Crippen molar-refractivity contribution < 1.29 is 14.3 Å². The highest BCUT2D eigenvalue weighted by atomic mass is 28.4. The van der Waals surface area contributed by atoms with Gasteiger partial charge in [0.1, 0.15) is 12.3 Å². The van der Waals surface area contributed by atoms with Crippen LogP contribution in [0.4, 0.5) is 0 Å². The van der Waals surface area contributed by atoms with E-state index in [1.807, 2.05) is 0 Å². The van der Waals surface area contributed by atoms with Crippen molar-refractivity contribution in [1.29, 1.82) is 0 Å². The van der Waals surface area contributed by atoms with Gasteiger partial charge in [0.2, 0.25) is 0 Å². The van der Waals surface area contributed by atoms with Crippen molar-refractivity contribution in [3.63, 3.8) is 0 Å². The van der Waals surface area contributed by atoms with E-state index in [-0.39, 0.29) is 30.2 Å². The molecule has 1 fully saturated rings. The number of aliphatic hydroxyl groups is 1. The molecule has 2 rings (SSSR count). The second-order valence-electron chi connectivity index (χ2n) is 8.71. The first-order chi connectivity index (χ1) is 12.4. The summed E-state index contributed by atoms with van der Waals surface area (Å²) >= 11 is 0. The molecule has 0 amide bonds. The Morgan fingerprint density at radius 3 is 2.59 bits per heavy atom. The molecule has 1 aliphatic heterocycles. The largest absolute Gasteiger partial charge is 0.414 e. The van der Waals surface area contributed by atoms with E-state index in [1.54, 1.807) is 6.92 Å². The highest BCUT2D eigenvalue weighted by Crippen LogP contribution is 2.37. The van der Waals surface area contributed by atoms with E-state index >= 15 is 0 Å². The van der Waals surface area contributed by atoms with Crippen LogP contribution >= 0.6 is 0 Å². The van der Waals surface area contributed by atoms with Gasteiger partial charge in [-0.3, -0.25) is 13.9 Å². The van der Waals surface area contributed by atoms with E-state index < -0.39 is 32.4 Å². The number of rotatable bonds is 6. The Kier molecular flexibility index (Phi) is 6.36. The number of ether oxygens (including phenoxy) is 1. The molecular formula is C19H32N2O5Si. The number of nitrogens with zero attached hydrogens (tertiary/aromatic N) is 2. The number of aliphatic hydroxyl groups excluding tert-OH is 1. The SMILES string of the molecule is C=CCn1c(=O)c(C)cn([C@H]2C[C@H](O)[C@@H](CO[Si](C)(C)C(C)(C)C)O2)c1=O. The summed E-state index contributed by atoms with van der Waals surface area (Å²) in [6.07, 6.45) is 1.42. The molecular weight excluding hydrogens is 364 g/mol. The van der Waals surface area contributed by atoms with Gasteiger partial charge in [0.15, 0.2) is 8.32 Å². The first kappa shape index (κ1) is 21.8. The van der Waals surface area contributed by atoms with Gasteiger partial charge in [0, 0.05) is 24.7 Å². The van der Waals surface area contributed by atoms with Crippen LogP contribution < -0.4 is 11.2 Å². The lowest BCUT2D eigenvalue weighted by Crippen LogP contribution is -2.44. The molecule has 0 bridgehead atoms. The van der Waals surface area contributed by atoms with E-state index in [0.29, 0.717) is 5.56 Å². The Hall–Kier alpha value is -1.48. The zero-order valence-corrected chi connectivity index (χ0v) is 18.2. The van der Waals surface area contributed by atoms with E-state index in [4.69, 9.17) is 9.16 Å². The third kappa shape index (κ3) is 4.51. The fourth-order valence-corrected chi connectivity index (χ4v) is 3.81. The maximum atomic E-state index is 12.7. The standard InChI is InChI=1S/C19H32N2O5Si/c1-8-9-20-17(23)13(2)11-21(18(20)24)16-10-14(22)15(26-16)12-25-27(6,7)19(3,4)5/h8,11,14-16,22H,1,9-10,12H2,2-7H3/t14-,15+,16+/m0/s1. The van der Waals surface area contributed by atoms with Crippen LogP contribution in [-0.4, -0.2) is 41.4 Å². The molecule has 0 aliphatic carbocycles. The second kappa shape index (κ2) is 7.87. The number of allylic oxidation sites excluding steroid dienone is 1. The van der Waals surface area contributed by atoms with Crippen molar-refractivity contribution >= 4 is 8.32 Å². The molecule has 1 saturated heterocycles. The van der Waals surface area contributed by atoms with E-state index in [0.717, 1.165) is 4.57 Å². The Bertz CT molecular complexity index is 806. The molecule has 1 N–H and O–H groups in total. The summed E-state index contributed by atoms with van der Waals surface area (Å²) in [5.41, 5.74) is -0.364. The van der Waals surface area contributed by atoms with Gasteiger partial charge < -0.3 is 14.3 Å². The van der Waals surface area contributed by atoms with Crippen molar-refractivity contribution in [2.24, 2.45) is 0 Å². The van der Waals surface area contributed by atoms with Gasteiger partial charge in [-0.05, 0) is 25.1 Å². The topological polar surface area (TPSA) is 82.7 Å². The Morgan fingerprint density at radius 1 is 1.41 bits per heavy atom. The van der Waals surface area contributed by atoms with Gasteiger partial charge in [0.25, 0.3) is 5.56 Å². The van der Waals surface area contributed by atoms with Gasteiger partial charge in [-0.2, -0.15) is 0 Å². The molecule has 27 heavy (non-hydrogen) atoms. The fourth-order valence-electron chi connectivity index (χ4n) is 2.80. The van der Waals surface area contributed by atoms with E-state index in [9.17, 15) is 14.7 Å². The summed E-state index contributed by atoms with van der Waals surface area (Å²) in [5.74, 6) is 0. The molecule has 8 heteroatoms. The predicted molar refractivity (Wildman–Crippen MR) is 108 cm³/mol. The maximum absolute atomic E-state index is 12.7. The minimum atomic E-state index is -1.97. The monoisotopic (exact) mass is 396 g/mol. The van der Waals surface area contributed by atoms with Crippen LogP contribution in [0, 0.1) is 6.92 Å². The normalized spacial score (nSPS) is 23.6. The molecule has 1 aromatic heterocycles. The lowest BCUT2D eigenvalue weighted by molar-refractivity contribution is -0.0437. The molecule has 0 unspecified atom stereocenters. The number of aromatic nitrogens is 2. The number of aryl methyl sites for hydroxylation is 1. The molecule has 2 heterocycles. The second-order valence-corrected chi connectivity index (χ2v) is 13.5. The average Bonchev–Trinajstić information content (AvgIpc) is 2.93. The molecule has 0 saturated carbocycles. The molecule has 1 aliphatic rings. The van der Waals surface area contributed by atoms with Crippen LogP contribution in [0.3, 0.4) is 0 Å². The lowest BCUT2D eigenvalue weighted by atomic mass is 10.2. The van der Waals surface area contributed by atoms with Gasteiger partial charge in [-0.25, -0.2) is 4.79 Å².